The number of nitrogens with one attached hydrogen (secondary N) is 3. The van der Waals surface area contributed by atoms with Gasteiger partial charge in [-0.25, -0.2) is 13.1 Å². The Labute approximate surface area is 181 Å². The van der Waals surface area contributed by atoms with Crippen molar-refractivity contribution >= 4 is 49.8 Å². The van der Waals surface area contributed by atoms with E-state index < -0.39 is 26.9 Å². The van der Waals surface area contributed by atoms with Crippen LogP contribution in [0.2, 0.25) is 0 Å². The van der Waals surface area contributed by atoms with Crippen molar-refractivity contribution in [2.45, 2.75) is 37.9 Å². The van der Waals surface area contributed by atoms with Crippen LogP contribution in [0, 0.1) is 5.41 Å². The minimum absolute atomic E-state index is 0.119. The largest absolute Gasteiger partial charge is 0.546 e. The van der Waals surface area contributed by atoms with E-state index in [2.05, 4.69) is 24.1 Å². The summed E-state index contributed by atoms with van der Waals surface area (Å²) >= 11 is -1.000. The molecular formula is C17H23N5O5S3. The van der Waals surface area contributed by atoms with Gasteiger partial charge in [0.1, 0.15) is 5.76 Å². The smallest absolute Gasteiger partial charge is 0.253 e. The summed E-state index contributed by atoms with van der Waals surface area (Å²) in [4.78, 5) is 0. The predicted octanol–water partition coefficient (Wildman–Crippen LogP) is 3.81. The van der Waals surface area contributed by atoms with E-state index in [1.165, 1.54) is 5.38 Å². The Balaban J connectivity index is 1.91. The van der Waals surface area contributed by atoms with Crippen LogP contribution in [0.3, 0.4) is 0 Å². The topological polar surface area (TPSA) is 152 Å². The summed E-state index contributed by atoms with van der Waals surface area (Å²) in [6.45, 7) is 7.85. The molecule has 0 aliphatic rings. The van der Waals surface area contributed by atoms with Crippen molar-refractivity contribution in [3.63, 3.8) is 0 Å². The zero-order valence-corrected chi connectivity index (χ0v) is 19.2. The fraction of sp³-hybridized carbons (Fsp3) is 0.412. The van der Waals surface area contributed by atoms with E-state index in [0.717, 1.165) is 11.3 Å². The fourth-order valence-corrected chi connectivity index (χ4v) is 5.69. The Hall–Kier alpha value is -2.19. The lowest BCUT2D eigenvalue weighted by molar-refractivity contribution is 0.304. The van der Waals surface area contributed by atoms with Crippen LogP contribution >= 0.6 is 22.5 Å². The van der Waals surface area contributed by atoms with E-state index in [-0.39, 0.29) is 39.5 Å². The van der Waals surface area contributed by atoms with Crippen LogP contribution in [0.25, 0.3) is 0 Å². The fourth-order valence-electron chi connectivity index (χ4n) is 2.74. The minimum Gasteiger partial charge on any atom is -0.546 e. The second-order valence-corrected chi connectivity index (χ2v) is 11.1. The highest BCUT2D eigenvalue weighted by atomic mass is 32.2. The van der Waals surface area contributed by atoms with Gasteiger partial charge in [0.2, 0.25) is 11.6 Å². The number of rotatable bonds is 8. The van der Waals surface area contributed by atoms with Gasteiger partial charge in [-0.3, -0.25) is 0 Å². The number of hydrogen-bond acceptors (Lipinski definition) is 10. The van der Waals surface area contributed by atoms with Gasteiger partial charge in [0.25, 0.3) is 10.0 Å². The third-order valence-electron chi connectivity index (χ3n) is 4.10. The molecule has 0 radical (unpaired) electrons. The van der Waals surface area contributed by atoms with Crippen LogP contribution in [-0.4, -0.2) is 33.4 Å². The Bertz CT molecular complexity index is 1100. The van der Waals surface area contributed by atoms with Crippen LogP contribution in [0.5, 0.6) is 5.75 Å². The van der Waals surface area contributed by atoms with Gasteiger partial charge in [-0.1, -0.05) is 27.7 Å². The van der Waals surface area contributed by atoms with E-state index in [9.17, 15) is 18.1 Å². The summed E-state index contributed by atoms with van der Waals surface area (Å²) in [5.74, 6) is 0.555. The predicted molar refractivity (Wildman–Crippen MR) is 115 cm³/mol. The summed E-state index contributed by atoms with van der Waals surface area (Å²) in [7, 11) is -3.83. The first-order chi connectivity index (χ1) is 14.0. The molecule has 2 atom stereocenters. The zero-order valence-electron chi connectivity index (χ0n) is 16.8. The standard InChI is InChI=1S/C17H23N5O5S3/c1-5-18-30(25,26)16-12(23)10(9-28-16)19-14-15(22-29(24)21-14)20-13(17(2,3)4)11-7-6-8-27-11/h6-9,13,18,23H,5H2,1-4H3,(H,19,21)(H,20,22)/t13-,29?/m0/s1. The molecule has 4 N–H and O–H groups in total. The summed E-state index contributed by atoms with van der Waals surface area (Å²) < 4.78 is 51.9. The van der Waals surface area contributed by atoms with Gasteiger partial charge in [0.05, 0.1) is 18.0 Å². The Kier molecular flexibility index (Phi) is 6.38. The maximum atomic E-state index is 12.2. The molecule has 0 aliphatic heterocycles. The molecule has 3 aromatic heterocycles. The second kappa shape index (κ2) is 8.51. The summed E-state index contributed by atoms with van der Waals surface area (Å²) in [6, 6.07) is 3.28. The van der Waals surface area contributed by atoms with Gasteiger partial charge >= 0.3 is 0 Å². The van der Waals surface area contributed by atoms with Crippen molar-refractivity contribution in [3.05, 3.63) is 29.5 Å². The molecule has 0 amide bonds. The molecule has 0 saturated carbocycles. The molecule has 0 aliphatic carbocycles. The molecule has 0 bridgehead atoms. The summed E-state index contributed by atoms with van der Waals surface area (Å²) in [5, 5.41) is 17.9. The van der Waals surface area contributed by atoms with Crippen molar-refractivity contribution < 1.29 is 22.5 Å². The number of nitrogens with zero attached hydrogens (tertiary/aromatic N) is 2. The molecule has 3 aromatic rings. The Morgan fingerprint density at radius 3 is 2.63 bits per heavy atom. The van der Waals surface area contributed by atoms with Gasteiger partial charge in [0, 0.05) is 20.7 Å². The average Bonchev–Trinajstić information content (AvgIpc) is 3.34. The van der Waals surface area contributed by atoms with Crippen LogP contribution in [0.1, 0.15) is 39.5 Å². The van der Waals surface area contributed by atoms with Crippen molar-refractivity contribution in [2.75, 3.05) is 17.2 Å². The van der Waals surface area contributed by atoms with Gasteiger partial charge in [0.15, 0.2) is 21.1 Å². The highest BCUT2D eigenvalue weighted by Gasteiger charge is 2.32. The third-order valence-corrected chi connectivity index (χ3v) is 7.84. The third kappa shape index (κ3) is 4.75. The summed E-state index contributed by atoms with van der Waals surface area (Å²) in [5.41, 5.74) is -0.165. The molecule has 0 aromatic carbocycles. The molecule has 0 spiro atoms. The number of thiophene rings is 1. The maximum absolute atomic E-state index is 12.2. The summed E-state index contributed by atoms with van der Waals surface area (Å²) in [6.07, 6.45) is 1.56. The van der Waals surface area contributed by atoms with Crippen LogP contribution in [0.4, 0.5) is 17.3 Å². The molecule has 3 rings (SSSR count). The zero-order chi connectivity index (χ0) is 22.1. The number of furan rings is 1. The van der Waals surface area contributed by atoms with Crippen molar-refractivity contribution in [2.24, 2.45) is 5.41 Å². The normalized spacial score (nSPS) is 14.0. The molecule has 0 saturated heterocycles. The van der Waals surface area contributed by atoms with Crippen molar-refractivity contribution in [1.29, 1.82) is 0 Å². The maximum Gasteiger partial charge on any atom is 0.253 e. The monoisotopic (exact) mass is 473 g/mol. The Morgan fingerprint density at radius 1 is 1.33 bits per heavy atom. The Morgan fingerprint density at radius 2 is 2.03 bits per heavy atom. The first kappa shape index (κ1) is 22.5. The number of hydrogen-bond donors (Lipinski definition) is 4. The molecule has 10 nitrogen and oxygen atoms in total. The van der Waals surface area contributed by atoms with Gasteiger partial charge in [-0.15, -0.1) is 11.3 Å². The lowest BCUT2D eigenvalue weighted by Crippen LogP contribution is -2.25. The highest BCUT2D eigenvalue weighted by Crippen LogP contribution is 2.42. The molecule has 0 fully saturated rings. The minimum atomic E-state index is -3.83. The van der Waals surface area contributed by atoms with Gasteiger partial charge in [-0.2, -0.15) is 0 Å². The van der Waals surface area contributed by atoms with Gasteiger partial charge < -0.3 is 24.7 Å². The van der Waals surface area contributed by atoms with Gasteiger partial charge in [-0.05, 0) is 17.5 Å². The first-order valence-electron chi connectivity index (χ1n) is 8.99. The molecule has 164 valence electrons. The van der Waals surface area contributed by atoms with E-state index in [4.69, 9.17) is 4.42 Å². The molecule has 13 heteroatoms. The van der Waals surface area contributed by atoms with Crippen molar-refractivity contribution in [3.8, 4) is 5.75 Å². The average molecular weight is 474 g/mol. The first-order valence-corrected chi connectivity index (χ1v) is 12.4. The quantitative estimate of drug-likeness (QED) is 0.358. The van der Waals surface area contributed by atoms with Crippen LogP contribution in [-0.2, 0) is 10.0 Å². The van der Waals surface area contributed by atoms with E-state index >= 15 is 0 Å². The van der Waals surface area contributed by atoms with E-state index in [1.54, 1.807) is 19.3 Å². The lowest BCUT2D eigenvalue weighted by Gasteiger charge is -2.29. The number of sulfonamides is 1. The molecular weight excluding hydrogens is 450 g/mol. The van der Waals surface area contributed by atoms with Crippen LogP contribution < -0.4 is 15.4 Å². The lowest BCUT2D eigenvalue weighted by atomic mass is 9.85. The number of anilines is 3. The van der Waals surface area contributed by atoms with Crippen molar-refractivity contribution in [1.82, 2.24) is 13.5 Å². The van der Waals surface area contributed by atoms with E-state index in [0.29, 0.717) is 5.76 Å². The van der Waals surface area contributed by atoms with E-state index in [1.807, 2.05) is 26.8 Å². The molecule has 3 heterocycles. The van der Waals surface area contributed by atoms with Crippen LogP contribution in [0.15, 0.2) is 32.4 Å². The molecule has 1 unspecified atom stereocenters. The second-order valence-electron chi connectivity index (χ2n) is 7.48. The number of aromatic hydroxyl groups is 1. The number of aromatic nitrogens is 2. The SMILES string of the molecule is CCNS(=O)(=O)c1scc(Nc2n[s+]([O-])nc2N[C@@H](c2ccco2)C(C)(C)C)c1O. The molecule has 30 heavy (non-hydrogen) atoms. The highest BCUT2D eigenvalue weighted by molar-refractivity contribution is 7.91.